The third-order valence-corrected chi connectivity index (χ3v) is 4.23. The van der Waals surface area contributed by atoms with Crippen molar-refractivity contribution in [2.45, 2.75) is 20.3 Å². The fourth-order valence-corrected chi connectivity index (χ4v) is 2.89. The van der Waals surface area contributed by atoms with E-state index in [1.54, 1.807) is 13.2 Å². The summed E-state index contributed by atoms with van der Waals surface area (Å²) in [5.41, 5.74) is 9.32. The van der Waals surface area contributed by atoms with Gasteiger partial charge in [-0.25, -0.2) is 0 Å². The minimum Gasteiger partial charge on any atom is -0.496 e. The predicted molar refractivity (Wildman–Crippen MR) is 94.7 cm³/mol. The Labute approximate surface area is 141 Å². The smallest absolute Gasteiger partial charge is 0.126 e. The number of hydrogen-bond acceptors (Lipinski definition) is 4. The van der Waals surface area contributed by atoms with Gasteiger partial charge in [0.05, 0.1) is 18.5 Å². The normalized spacial score (nSPS) is 10.7. The lowest BCUT2D eigenvalue weighted by atomic mass is 9.97. The Morgan fingerprint density at radius 1 is 1.17 bits per heavy atom. The standard InChI is InChI=1S/C19H21N3O2/c1-12-17(13(2)21-20-12)9-14-7-8-19(24-3)18(10-14)15-5-4-6-16(11-15)22-23/h4-8,10-11,22-23H,9H2,1-3H3,(H,20,21). The molecule has 0 spiro atoms. The number of benzene rings is 2. The van der Waals surface area contributed by atoms with Gasteiger partial charge in [0.2, 0.25) is 0 Å². The lowest BCUT2D eigenvalue weighted by molar-refractivity contribution is 0.389. The van der Waals surface area contributed by atoms with Crippen LogP contribution in [0.25, 0.3) is 11.1 Å². The topological polar surface area (TPSA) is 70.2 Å². The summed E-state index contributed by atoms with van der Waals surface area (Å²) in [4.78, 5) is 0. The van der Waals surface area contributed by atoms with Crippen LogP contribution in [0.3, 0.4) is 0 Å². The molecule has 1 heterocycles. The second-order valence-electron chi connectivity index (χ2n) is 5.82. The molecule has 3 N–H and O–H groups in total. The second-order valence-corrected chi connectivity index (χ2v) is 5.82. The van der Waals surface area contributed by atoms with E-state index in [9.17, 15) is 0 Å². The zero-order chi connectivity index (χ0) is 17.1. The van der Waals surface area contributed by atoms with E-state index in [0.717, 1.165) is 34.7 Å². The molecule has 2 aromatic carbocycles. The molecule has 0 unspecified atom stereocenters. The van der Waals surface area contributed by atoms with Crippen molar-refractivity contribution in [1.82, 2.24) is 10.2 Å². The zero-order valence-corrected chi connectivity index (χ0v) is 14.1. The van der Waals surface area contributed by atoms with Crippen molar-refractivity contribution in [2.75, 3.05) is 12.6 Å². The molecule has 0 fully saturated rings. The number of hydrogen-bond donors (Lipinski definition) is 3. The summed E-state index contributed by atoms with van der Waals surface area (Å²) in [6.07, 6.45) is 0.809. The molecule has 0 saturated heterocycles. The minimum absolute atomic E-state index is 0.640. The fraction of sp³-hybridized carbons (Fsp3) is 0.211. The van der Waals surface area contributed by atoms with Crippen LogP contribution >= 0.6 is 0 Å². The highest BCUT2D eigenvalue weighted by molar-refractivity contribution is 5.74. The Morgan fingerprint density at radius 3 is 2.67 bits per heavy atom. The molecule has 3 rings (SSSR count). The van der Waals surface area contributed by atoms with Crippen LogP contribution in [-0.4, -0.2) is 22.5 Å². The Balaban J connectivity index is 2.02. The number of aryl methyl sites for hydroxylation is 2. The van der Waals surface area contributed by atoms with E-state index in [4.69, 9.17) is 9.94 Å². The van der Waals surface area contributed by atoms with Gasteiger partial charge in [-0.15, -0.1) is 0 Å². The van der Waals surface area contributed by atoms with Crippen molar-refractivity contribution < 1.29 is 9.94 Å². The minimum atomic E-state index is 0.640. The van der Waals surface area contributed by atoms with Crippen LogP contribution in [-0.2, 0) is 6.42 Å². The van der Waals surface area contributed by atoms with E-state index in [-0.39, 0.29) is 0 Å². The molecule has 0 aliphatic carbocycles. The third kappa shape index (κ3) is 3.12. The fourth-order valence-electron chi connectivity index (χ4n) is 2.89. The highest BCUT2D eigenvalue weighted by atomic mass is 16.5. The van der Waals surface area contributed by atoms with Gasteiger partial charge in [0, 0.05) is 23.2 Å². The summed E-state index contributed by atoms with van der Waals surface area (Å²) in [5.74, 6) is 0.800. The van der Waals surface area contributed by atoms with Crippen LogP contribution in [0.15, 0.2) is 42.5 Å². The van der Waals surface area contributed by atoms with Crippen LogP contribution in [0.5, 0.6) is 5.75 Å². The largest absolute Gasteiger partial charge is 0.496 e. The summed E-state index contributed by atoms with van der Waals surface area (Å²) in [6.45, 7) is 4.05. The highest BCUT2D eigenvalue weighted by Gasteiger charge is 2.11. The molecule has 124 valence electrons. The van der Waals surface area contributed by atoms with Gasteiger partial charge in [-0.1, -0.05) is 18.2 Å². The molecule has 5 nitrogen and oxygen atoms in total. The van der Waals surface area contributed by atoms with E-state index in [1.165, 1.54) is 11.1 Å². The first-order valence-corrected chi connectivity index (χ1v) is 7.80. The Morgan fingerprint density at radius 2 is 2.00 bits per heavy atom. The number of anilines is 1. The summed E-state index contributed by atoms with van der Waals surface area (Å²) in [6, 6.07) is 13.8. The second kappa shape index (κ2) is 6.76. The first-order chi connectivity index (χ1) is 11.6. The monoisotopic (exact) mass is 323 g/mol. The number of rotatable bonds is 5. The maximum absolute atomic E-state index is 9.13. The van der Waals surface area contributed by atoms with Crippen molar-refractivity contribution in [3.05, 3.63) is 65.0 Å². The van der Waals surface area contributed by atoms with Crippen molar-refractivity contribution in [1.29, 1.82) is 0 Å². The molecule has 0 amide bonds. The van der Waals surface area contributed by atoms with E-state index in [1.807, 2.05) is 38.1 Å². The summed E-state index contributed by atoms with van der Waals surface area (Å²) >= 11 is 0. The Hall–Kier alpha value is -2.79. The third-order valence-electron chi connectivity index (χ3n) is 4.23. The zero-order valence-electron chi connectivity index (χ0n) is 14.1. The van der Waals surface area contributed by atoms with Gasteiger partial charge in [0.15, 0.2) is 0 Å². The molecule has 0 aliphatic rings. The van der Waals surface area contributed by atoms with Crippen molar-refractivity contribution in [3.8, 4) is 16.9 Å². The number of aromatic amines is 1. The molecule has 0 radical (unpaired) electrons. The van der Waals surface area contributed by atoms with Crippen LogP contribution < -0.4 is 10.2 Å². The lowest BCUT2D eigenvalue weighted by Gasteiger charge is -2.12. The van der Waals surface area contributed by atoms with E-state index in [2.05, 4.69) is 27.8 Å². The van der Waals surface area contributed by atoms with Crippen LogP contribution in [0, 0.1) is 13.8 Å². The van der Waals surface area contributed by atoms with Crippen LogP contribution in [0.2, 0.25) is 0 Å². The molecule has 0 saturated carbocycles. The van der Waals surface area contributed by atoms with E-state index >= 15 is 0 Å². The van der Waals surface area contributed by atoms with Crippen molar-refractivity contribution in [2.24, 2.45) is 0 Å². The average Bonchev–Trinajstić information content (AvgIpc) is 2.93. The van der Waals surface area contributed by atoms with Gasteiger partial charge >= 0.3 is 0 Å². The molecule has 0 aliphatic heterocycles. The van der Waals surface area contributed by atoms with Gasteiger partial charge in [-0.2, -0.15) is 5.10 Å². The molecule has 24 heavy (non-hydrogen) atoms. The van der Waals surface area contributed by atoms with Gasteiger partial charge < -0.3 is 4.74 Å². The van der Waals surface area contributed by atoms with Crippen LogP contribution in [0.1, 0.15) is 22.5 Å². The first kappa shape index (κ1) is 16.1. The molecule has 3 aromatic rings. The van der Waals surface area contributed by atoms with E-state index < -0.39 is 0 Å². The molecule has 0 bridgehead atoms. The lowest BCUT2D eigenvalue weighted by Crippen LogP contribution is -1.95. The molecular formula is C19H21N3O2. The first-order valence-electron chi connectivity index (χ1n) is 7.80. The quantitative estimate of drug-likeness (QED) is 0.618. The van der Waals surface area contributed by atoms with Crippen molar-refractivity contribution >= 4 is 5.69 Å². The van der Waals surface area contributed by atoms with Crippen molar-refractivity contribution in [3.63, 3.8) is 0 Å². The summed E-state index contributed by atoms with van der Waals surface area (Å²) in [7, 11) is 1.66. The summed E-state index contributed by atoms with van der Waals surface area (Å²) < 4.78 is 5.51. The maximum Gasteiger partial charge on any atom is 0.126 e. The van der Waals surface area contributed by atoms with Gasteiger partial charge in [-0.3, -0.25) is 15.8 Å². The molecule has 5 heteroatoms. The average molecular weight is 323 g/mol. The number of ether oxygens (including phenoxy) is 1. The summed E-state index contributed by atoms with van der Waals surface area (Å²) in [5, 5.41) is 16.4. The van der Waals surface area contributed by atoms with E-state index in [0.29, 0.717) is 5.69 Å². The highest BCUT2D eigenvalue weighted by Crippen LogP contribution is 2.33. The maximum atomic E-state index is 9.13. The van der Waals surface area contributed by atoms with Gasteiger partial charge in [0.25, 0.3) is 0 Å². The molecular weight excluding hydrogens is 302 g/mol. The van der Waals surface area contributed by atoms with Gasteiger partial charge in [0.1, 0.15) is 5.75 Å². The number of aromatic nitrogens is 2. The molecule has 0 atom stereocenters. The predicted octanol–water partition coefficient (Wildman–Crippen LogP) is 4.09. The SMILES string of the molecule is COc1ccc(Cc2c(C)n[nH]c2C)cc1-c1cccc(NO)c1. The number of nitrogens with one attached hydrogen (secondary N) is 2. The number of H-pyrrole nitrogens is 1. The number of methoxy groups -OCH3 is 1. The molecule has 1 aromatic heterocycles. The van der Waals surface area contributed by atoms with Crippen LogP contribution in [0.4, 0.5) is 5.69 Å². The number of nitrogens with zero attached hydrogens (tertiary/aromatic N) is 1. The Kier molecular flexibility index (Phi) is 4.53. The Bertz CT molecular complexity index is 836. The van der Waals surface area contributed by atoms with Gasteiger partial charge in [-0.05, 0) is 49.2 Å².